The third-order valence-corrected chi connectivity index (χ3v) is 4.11. The Bertz CT molecular complexity index is 929. The molecule has 0 fully saturated rings. The summed E-state index contributed by atoms with van der Waals surface area (Å²) in [5.74, 6) is 1.79. The second-order valence-corrected chi connectivity index (χ2v) is 6.00. The first-order valence-electron chi connectivity index (χ1n) is 8.82. The van der Waals surface area contributed by atoms with E-state index >= 15 is 0 Å². The zero-order chi connectivity index (χ0) is 19.8. The summed E-state index contributed by atoms with van der Waals surface area (Å²) in [5, 5.41) is 6.02. The molecule has 0 radical (unpaired) electrons. The van der Waals surface area contributed by atoms with Crippen molar-refractivity contribution >= 4 is 17.4 Å². The number of carbonyl (C=O) groups is 1. The molecule has 0 saturated carbocycles. The SMILES string of the molecule is COc1ccc(CCNc2cc(C(=O)Nc3cccc(OC)c3)ncn2)cc1. The minimum absolute atomic E-state index is 0.282. The van der Waals surface area contributed by atoms with Gasteiger partial charge in [-0.3, -0.25) is 4.79 Å². The Balaban J connectivity index is 1.57. The van der Waals surface area contributed by atoms with Crippen molar-refractivity contribution in [2.75, 3.05) is 31.4 Å². The van der Waals surface area contributed by atoms with Crippen molar-refractivity contribution < 1.29 is 14.3 Å². The fraction of sp³-hybridized carbons (Fsp3) is 0.190. The van der Waals surface area contributed by atoms with Crippen molar-refractivity contribution in [2.24, 2.45) is 0 Å². The summed E-state index contributed by atoms with van der Waals surface area (Å²) in [4.78, 5) is 20.7. The lowest BCUT2D eigenvalue weighted by molar-refractivity contribution is 0.102. The van der Waals surface area contributed by atoms with Crippen LogP contribution in [0.3, 0.4) is 0 Å². The van der Waals surface area contributed by atoms with Gasteiger partial charge in [-0.25, -0.2) is 9.97 Å². The molecule has 1 amide bonds. The van der Waals surface area contributed by atoms with Crippen LogP contribution in [-0.4, -0.2) is 36.6 Å². The van der Waals surface area contributed by atoms with Crippen LogP contribution in [0.15, 0.2) is 60.9 Å². The van der Waals surface area contributed by atoms with Gasteiger partial charge in [0, 0.05) is 24.4 Å². The average molecular weight is 378 g/mol. The number of hydrogen-bond acceptors (Lipinski definition) is 6. The molecule has 0 unspecified atom stereocenters. The van der Waals surface area contributed by atoms with Crippen molar-refractivity contribution in [3.05, 3.63) is 72.2 Å². The molecule has 1 heterocycles. The highest BCUT2D eigenvalue weighted by atomic mass is 16.5. The van der Waals surface area contributed by atoms with E-state index < -0.39 is 0 Å². The van der Waals surface area contributed by atoms with Crippen molar-refractivity contribution in [3.8, 4) is 11.5 Å². The van der Waals surface area contributed by atoms with Crippen molar-refractivity contribution in [1.82, 2.24) is 9.97 Å². The summed E-state index contributed by atoms with van der Waals surface area (Å²) in [6, 6.07) is 16.7. The predicted octanol–water partition coefficient (Wildman–Crippen LogP) is 3.40. The van der Waals surface area contributed by atoms with E-state index in [0.717, 1.165) is 12.2 Å². The predicted molar refractivity (Wildman–Crippen MR) is 108 cm³/mol. The number of anilines is 2. The largest absolute Gasteiger partial charge is 0.497 e. The van der Waals surface area contributed by atoms with Crippen LogP contribution in [0.25, 0.3) is 0 Å². The standard InChI is InChI=1S/C21H22N4O3/c1-27-17-8-6-15(7-9-17)10-11-22-20-13-19(23-14-24-20)21(26)25-16-4-3-5-18(12-16)28-2/h3-9,12-14H,10-11H2,1-2H3,(H,25,26)(H,22,23,24). The van der Waals surface area contributed by atoms with Crippen molar-refractivity contribution in [2.45, 2.75) is 6.42 Å². The van der Waals surface area contributed by atoms with Gasteiger partial charge in [0.1, 0.15) is 29.3 Å². The maximum atomic E-state index is 12.4. The number of aromatic nitrogens is 2. The number of benzene rings is 2. The lowest BCUT2D eigenvalue weighted by Crippen LogP contribution is -2.15. The van der Waals surface area contributed by atoms with Crippen LogP contribution in [-0.2, 0) is 6.42 Å². The molecule has 0 atom stereocenters. The summed E-state index contributed by atoms with van der Waals surface area (Å²) in [5.41, 5.74) is 2.10. The Labute approximate surface area is 163 Å². The maximum absolute atomic E-state index is 12.4. The van der Waals surface area contributed by atoms with Gasteiger partial charge in [0.15, 0.2) is 0 Å². The molecule has 0 aliphatic rings. The number of nitrogens with one attached hydrogen (secondary N) is 2. The molecule has 0 bridgehead atoms. The van der Waals surface area contributed by atoms with E-state index in [1.807, 2.05) is 30.3 Å². The number of rotatable bonds is 8. The second-order valence-electron chi connectivity index (χ2n) is 6.00. The number of ether oxygens (including phenoxy) is 2. The van der Waals surface area contributed by atoms with Crippen LogP contribution in [0.5, 0.6) is 11.5 Å². The highest BCUT2D eigenvalue weighted by molar-refractivity contribution is 6.03. The highest BCUT2D eigenvalue weighted by Gasteiger charge is 2.10. The van der Waals surface area contributed by atoms with Gasteiger partial charge in [0.25, 0.3) is 5.91 Å². The molecule has 2 N–H and O–H groups in total. The summed E-state index contributed by atoms with van der Waals surface area (Å²) in [7, 11) is 3.23. The number of hydrogen-bond donors (Lipinski definition) is 2. The third-order valence-electron chi connectivity index (χ3n) is 4.11. The van der Waals surface area contributed by atoms with E-state index in [-0.39, 0.29) is 11.6 Å². The van der Waals surface area contributed by atoms with Crippen LogP contribution >= 0.6 is 0 Å². The number of carbonyl (C=O) groups excluding carboxylic acids is 1. The van der Waals surface area contributed by atoms with Crippen LogP contribution in [0.4, 0.5) is 11.5 Å². The number of methoxy groups -OCH3 is 2. The molecule has 7 heteroatoms. The fourth-order valence-electron chi connectivity index (χ4n) is 2.60. The minimum Gasteiger partial charge on any atom is -0.497 e. The van der Waals surface area contributed by atoms with Gasteiger partial charge in [-0.1, -0.05) is 18.2 Å². The molecule has 0 aliphatic carbocycles. The zero-order valence-electron chi connectivity index (χ0n) is 15.8. The van der Waals surface area contributed by atoms with Crippen molar-refractivity contribution in [3.63, 3.8) is 0 Å². The summed E-state index contributed by atoms with van der Waals surface area (Å²) >= 11 is 0. The Morgan fingerprint density at radius 2 is 1.75 bits per heavy atom. The highest BCUT2D eigenvalue weighted by Crippen LogP contribution is 2.17. The van der Waals surface area contributed by atoms with Crippen LogP contribution in [0.1, 0.15) is 16.1 Å². The number of nitrogens with zero attached hydrogens (tertiary/aromatic N) is 2. The third kappa shape index (κ3) is 5.20. The quantitative estimate of drug-likeness (QED) is 0.625. The molecular formula is C21H22N4O3. The van der Waals surface area contributed by atoms with E-state index in [1.165, 1.54) is 11.9 Å². The van der Waals surface area contributed by atoms with Crippen LogP contribution < -0.4 is 20.1 Å². The first-order valence-corrected chi connectivity index (χ1v) is 8.82. The van der Waals surface area contributed by atoms with E-state index in [9.17, 15) is 4.79 Å². The summed E-state index contributed by atoms with van der Waals surface area (Å²) in [6.45, 7) is 0.681. The normalized spacial score (nSPS) is 10.2. The smallest absolute Gasteiger partial charge is 0.274 e. The van der Waals surface area contributed by atoms with Gasteiger partial charge >= 0.3 is 0 Å². The molecule has 7 nitrogen and oxygen atoms in total. The molecule has 1 aromatic heterocycles. The minimum atomic E-state index is -0.311. The van der Waals surface area contributed by atoms with Crippen LogP contribution in [0, 0.1) is 0 Å². The zero-order valence-corrected chi connectivity index (χ0v) is 15.8. The van der Waals surface area contributed by atoms with Gasteiger partial charge in [-0.05, 0) is 36.2 Å². The topological polar surface area (TPSA) is 85.4 Å². The lowest BCUT2D eigenvalue weighted by Gasteiger charge is -2.09. The first-order chi connectivity index (χ1) is 13.7. The van der Waals surface area contributed by atoms with Gasteiger partial charge in [-0.15, -0.1) is 0 Å². The monoisotopic (exact) mass is 378 g/mol. The maximum Gasteiger partial charge on any atom is 0.274 e. The molecule has 3 aromatic rings. The molecular weight excluding hydrogens is 356 g/mol. The van der Waals surface area contributed by atoms with E-state index in [0.29, 0.717) is 23.8 Å². The van der Waals surface area contributed by atoms with Crippen molar-refractivity contribution in [1.29, 1.82) is 0 Å². The Morgan fingerprint density at radius 1 is 0.964 bits per heavy atom. The van der Waals surface area contributed by atoms with Gasteiger partial charge < -0.3 is 20.1 Å². The van der Waals surface area contributed by atoms with Gasteiger partial charge in [0.2, 0.25) is 0 Å². The molecule has 144 valence electrons. The van der Waals surface area contributed by atoms with Crippen LogP contribution in [0.2, 0.25) is 0 Å². The Kier molecular flexibility index (Phi) is 6.41. The molecule has 0 saturated heterocycles. The van der Waals surface area contributed by atoms with E-state index in [1.54, 1.807) is 38.5 Å². The van der Waals surface area contributed by atoms with E-state index in [4.69, 9.17) is 9.47 Å². The van der Waals surface area contributed by atoms with E-state index in [2.05, 4.69) is 20.6 Å². The molecule has 0 aliphatic heterocycles. The summed E-state index contributed by atoms with van der Waals surface area (Å²) in [6.07, 6.45) is 2.19. The second kappa shape index (κ2) is 9.36. The fourth-order valence-corrected chi connectivity index (χ4v) is 2.60. The molecule has 3 rings (SSSR count). The van der Waals surface area contributed by atoms with Gasteiger partial charge in [0.05, 0.1) is 14.2 Å². The molecule has 28 heavy (non-hydrogen) atoms. The van der Waals surface area contributed by atoms with Gasteiger partial charge in [-0.2, -0.15) is 0 Å². The summed E-state index contributed by atoms with van der Waals surface area (Å²) < 4.78 is 10.3. The molecule has 0 spiro atoms. The number of amides is 1. The Morgan fingerprint density at radius 3 is 2.50 bits per heavy atom. The molecule has 2 aromatic carbocycles. The average Bonchev–Trinajstić information content (AvgIpc) is 2.74. The Hall–Kier alpha value is -3.61. The first kappa shape index (κ1) is 19.2. The lowest BCUT2D eigenvalue weighted by atomic mass is 10.1.